The number of benzene rings is 1. The van der Waals surface area contributed by atoms with Gasteiger partial charge in [0.1, 0.15) is 6.61 Å². The van der Waals surface area contributed by atoms with Crippen LogP contribution in [-0.2, 0) is 9.53 Å². The number of carbonyl (C=O) groups excluding carboxylic acids is 1. The molecule has 0 fully saturated rings. The topological polar surface area (TPSA) is 52.3 Å². The minimum atomic E-state index is 0.244. The molecule has 0 heterocycles. The third kappa shape index (κ3) is 3.42. The summed E-state index contributed by atoms with van der Waals surface area (Å²) in [6.07, 6.45) is 3.58. The number of nitrogen functional groups attached to an aromatic ring is 1. The average molecular weight is 176 g/mol. The standard InChI is InChI=1S/C10H10NO2/c11-10-5-3-9(4-6-10)2-1-7-13-8-12/h1-6H,7,11H2. The van der Waals surface area contributed by atoms with Gasteiger partial charge in [-0.25, -0.2) is 4.79 Å². The molecule has 3 heteroatoms. The highest BCUT2D eigenvalue weighted by atomic mass is 16.5. The summed E-state index contributed by atoms with van der Waals surface area (Å²) >= 11 is 0. The van der Waals surface area contributed by atoms with E-state index in [2.05, 4.69) is 4.74 Å². The van der Waals surface area contributed by atoms with Gasteiger partial charge in [0, 0.05) is 5.69 Å². The molecule has 0 spiro atoms. The second-order valence-corrected chi connectivity index (χ2v) is 2.46. The first-order chi connectivity index (χ1) is 6.33. The van der Waals surface area contributed by atoms with E-state index in [9.17, 15) is 4.79 Å². The van der Waals surface area contributed by atoms with Crippen LogP contribution in [0.1, 0.15) is 5.56 Å². The summed E-state index contributed by atoms with van der Waals surface area (Å²) in [6.45, 7) is 1.59. The molecule has 0 aliphatic heterocycles. The molecule has 0 saturated heterocycles. The largest absolute Gasteiger partial charge is 0.453 e. The first-order valence-corrected chi connectivity index (χ1v) is 3.84. The van der Waals surface area contributed by atoms with Crippen molar-refractivity contribution >= 4 is 18.2 Å². The first kappa shape index (κ1) is 9.32. The van der Waals surface area contributed by atoms with E-state index in [1.54, 1.807) is 6.08 Å². The van der Waals surface area contributed by atoms with Crippen LogP contribution in [-0.4, -0.2) is 13.1 Å². The lowest BCUT2D eigenvalue weighted by Gasteiger charge is -1.94. The van der Waals surface area contributed by atoms with Gasteiger partial charge < -0.3 is 10.5 Å². The zero-order chi connectivity index (χ0) is 9.52. The molecule has 2 N–H and O–H groups in total. The summed E-state index contributed by atoms with van der Waals surface area (Å²) in [6, 6.07) is 7.39. The molecule has 3 nitrogen and oxygen atoms in total. The van der Waals surface area contributed by atoms with E-state index in [1.807, 2.05) is 30.3 Å². The molecule has 67 valence electrons. The Morgan fingerprint density at radius 1 is 1.38 bits per heavy atom. The van der Waals surface area contributed by atoms with Crippen molar-refractivity contribution in [3.63, 3.8) is 0 Å². The maximum absolute atomic E-state index is 9.66. The van der Waals surface area contributed by atoms with Gasteiger partial charge >= 0.3 is 6.47 Å². The molecular weight excluding hydrogens is 166 g/mol. The van der Waals surface area contributed by atoms with Gasteiger partial charge in [-0.15, -0.1) is 0 Å². The number of hydrogen-bond donors (Lipinski definition) is 1. The van der Waals surface area contributed by atoms with Crippen LogP contribution in [0.3, 0.4) is 0 Å². The van der Waals surface area contributed by atoms with Gasteiger partial charge in [-0.1, -0.05) is 18.2 Å². The summed E-state index contributed by atoms with van der Waals surface area (Å²) in [7, 11) is 0. The smallest absolute Gasteiger partial charge is 0.417 e. The molecule has 1 aromatic rings. The van der Waals surface area contributed by atoms with Crippen LogP contribution in [0.2, 0.25) is 0 Å². The van der Waals surface area contributed by atoms with Crippen molar-refractivity contribution in [3.8, 4) is 0 Å². The minimum absolute atomic E-state index is 0.244. The quantitative estimate of drug-likeness (QED) is 0.556. The first-order valence-electron chi connectivity index (χ1n) is 3.84. The van der Waals surface area contributed by atoms with Crippen LogP contribution in [0.15, 0.2) is 30.3 Å². The lowest BCUT2D eigenvalue weighted by Crippen LogP contribution is -1.86. The van der Waals surface area contributed by atoms with Gasteiger partial charge in [-0.3, -0.25) is 0 Å². The summed E-state index contributed by atoms with van der Waals surface area (Å²) in [4.78, 5) is 9.66. The lowest BCUT2D eigenvalue weighted by molar-refractivity contribution is 0.314. The fourth-order valence-electron chi connectivity index (χ4n) is 0.873. The highest BCUT2D eigenvalue weighted by Gasteiger charge is 1.85. The van der Waals surface area contributed by atoms with Gasteiger partial charge in [0.2, 0.25) is 0 Å². The number of ether oxygens (including phenoxy) is 1. The SMILES string of the molecule is Nc1ccc(C=CCO[C]=O)cc1. The molecule has 1 aromatic carbocycles. The maximum Gasteiger partial charge on any atom is 0.417 e. The van der Waals surface area contributed by atoms with E-state index in [1.165, 1.54) is 6.47 Å². The number of nitrogens with two attached hydrogens (primary N) is 1. The summed E-state index contributed by atoms with van der Waals surface area (Å²) < 4.78 is 4.36. The normalized spacial score (nSPS) is 10.2. The number of hydrogen-bond acceptors (Lipinski definition) is 3. The number of rotatable bonds is 4. The average Bonchev–Trinajstić information content (AvgIpc) is 2.15. The molecule has 13 heavy (non-hydrogen) atoms. The Hall–Kier alpha value is -1.77. The van der Waals surface area contributed by atoms with Crippen molar-refractivity contribution in [1.29, 1.82) is 0 Å². The van der Waals surface area contributed by atoms with Crippen molar-refractivity contribution in [2.45, 2.75) is 0 Å². The third-order valence-corrected chi connectivity index (χ3v) is 1.49. The summed E-state index contributed by atoms with van der Waals surface area (Å²) in [5, 5.41) is 0. The molecule has 0 unspecified atom stereocenters. The molecule has 0 atom stereocenters. The predicted octanol–water partition coefficient (Wildman–Crippen LogP) is 1.37. The van der Waals surface area contributed by atoms with Crippen molar-refractivity contribution in [2.75, 3.05) is 12.3 Å². The van der Waals surface area contributed by atoms with Crippen LogP contribution >= 0.6 is 0 Å². The molecular formula is C10H10NO2. The Kier molecular flexibility index (Phi) is 3.57. The van der Waals surface area contributed by atoms with E-state index in [4.69, 9.17) is 5.73 Å². The van der Waals surface area contributed by atoms with Crippen molar-refractivity contribution < 1.29 is 9.53 Å². The van der Waals surface area contributed by atoms with Gasteiger partial charge in [-0.05, 0) is 23.8 Å². The van der Waals surface area contributed by atoms with E-state index in [0.29, 0.717) is 0 Å². The van der Waals surface area contributed by atoms with Gasteiger partial charge in [0.15, 0.2) is 0 Å². The predicted molar refractivity (Wildman–Crippen MR) is 51.5 cm³/mol. The van der Waals surface area contributed by atoms with E-state index >= 15 is 0 Å². The fourth-order valence-corrected chi connectivity index (χ4v) is 0.873. The van der Waals surface area contributed by atoms with Crippen molar-refractivity contribution in [1.82, 2.24) is 0 Å². The molecule has 0 amide bonds. The third-order valence-electron chi connectivity index (χ3n) is 1.49. The van der Waals surface area contributed by atoms with Crippen molar-refractivity contribution in [2.24, 2.45) is 0 Å². The van der Waals surface area contributed by atoms with E-state index in [0.717, 1.165) is 11.3 Å². The Morgan fingerprint density at radius 2 is 2.08 bits per heavy atom. The van der Waals surface area contributed by atoms with Crippen LogP contribution in [0.4, 0.5) is 5.69 Å². The van der Waals surface area contributed by atoms with Gasteiger partial charge in [0.25, 0.3) is 0 Å². The highest BCUT2D eigenvalue weighted by Crippen LogP contribution is 2.06. The second-order valence-electron chi connectivity index (χ2n) is 2.46. The fraction of sp³-hybridized carbons (Fsp3) is 0.100. The van der Waals surface area contributed by atoms with Crippen molar-refractivity contribution in [3.05, 3.63) is 35.9 Å². The van der Waals surface area contributed by atoms with E-state index in [-0.39, 0.29) is 6.61 Å². The Balaban J connectivity index is 2.49. The van der Waals surface area contributed by atoms with Crippen LogP contribution < -0.4 is 5.73 Å². The number of anilines is 1. The molecule has 1 rings (SSSR count). The molecule has 0 aliphatic carbocycles. The molecule has 0 aromatic heterocycles. The molecule has 1 radical (unpaired) electrons. The Bertz CT molecular complexity index is 290. The highest BCUT2D eigenvalue weighted by molar-refractivity contribution is 5.53. The second kappa shape index (κ2) is 4.98. The molecule has 0 bridgehead atoms. The van der Waals surface area contributed by atoms with Crippen LogP contribution in [0.25, 0.3) is 6.08 Å². The monoisotopic (exact) mass is 176 g/mol. The van der Waals surface area contributed by atoms with E-state index < -0.39 is 0 Å². The molecule has 0 aliphatic rings. The summed E-state index contributed by atoms with van der Waals surface area (Å²) in [5.74, 6) is 0. The van der Waals surface area contributed by atoms with Crippen LogP contribution in [0.5, 0.6) is 0 Å². The van der Waals surface area contributed by atoms with Gasteiger partial charge in [-0.2, -0.15) is 0 Å². The zero-order valence-electron chi connectivity index (χ0n) is 7.07. The lowest BCUT2D eigenvalue weighted by atomic mass is 10.2. The zero-order valence-corrected chi connectivity index (χ0v) is 7.07. The maximum atomic E-state index is 9.66. The van der Waals surface area contributed by atoms with Gasteiger partial charge in [0.05, 0.1) is 0 Å². The molecule has 0 saturated carbocycles. The Labute approximate surface area is 76.8 Å². The minimum Gasteiger partial charge on any atom is -0.453 e. The van der Waals surface area contributed by atoms with Crippen LogP contribution in [0, 0.1) is 0 Å². The summed E-state index contributed by atoms with van der Waals surface area (Å²) in [5.41, 5.74) is 7.25. The Morgan fingerprint density at radius 3 is 2.69 bits per heavy atom.